The van der Waals surface area contributed by atoms with Crippen LogP contribution in [0.2, 0.25) is 0 Å². The van der Waals surface area contributed by atoms with Crippen LogP contribution >= 0.6 is 0 Å². The minimum Gasteiger partial charge on any atom is -0.506 e. The lowest BCUT2D eigenvalue weighted by molar-refractivity contribution is -0.117. The number of phenolic OH excluding ortho intramolecular Hbond substituents is 1. The van der Waals surface area contributed by atoms with Gasteiger partial charge in [0.05, 0.1) is 24.5 Å². The van der Waals surface area contributed by atoms with Crippen molar-refractivity contribution in [3.05, 3.63) is 90.3 Å². The molecule has 0 aliphatic heterocycles. The molecule has 2 N–H and O–H groups in total. The lowest BCUT2D eigenvalue weighted by Crippen LogP contribution is -2.40. The monoisotopic (exact) mass is 361 g/mol. The summed E-state index contributed by atoms with van der Waals surface area (Å²) in [5.41, 5.74) is 1.51. The van der Waals surface area contributed by atoms with Crippen molar-refractivity contribution < 1.29 is 14.7 Å². The number of carbonyl (C=O) groups is 2. The quantitative estimate of drug-likeness (QED) is 0.707. The number of aromatic nitrogens is 1. The minimum absolute atomic E-state index is 0.0174. The minimum atomic E-state index is -0.355. The van der Waals surface area contributed by atoms with E-state index in [4.69, 9.17) is 0 Å². The molecule has 0 atom stereocenters. The molecule has 0 saturated carbocycles. The van der Waals surface area contributed by atoms with E-state index < -0.39 is 0 Å². The van der Waals surface area contributed by atoms with E-state index in [0.29, 0.717) is 16.9 Å². The van der Waals surface area contributed by atoms with Crippen LogP contribution in [0.1, 0.15) is 16.1 Å². The molecule has 0 spiro atoms. The Labute approximate surface area is 157 Å². The van der Waals surface area contributed by atoms with Crippen molar-refractivity contribution in [1.29, 1.82) is 0 Å². The van der Waals surface area contributed by atoms with E-state index >= 15 is 0 Å². The molecule has 0 fully saturated rings. The SMILES string of the molecule is O=C(NCC(=O)N(Cc1ccccn1)c1ccccc1O)c1ccccc1. The summed E-state index contributed by atoms with van der Waals surface area (Å²) in [6.07, 6.45) is 1.64. The molecule has 136 valence electrons. The molecule has 2 amide bonds. The van der Waals surface area contributed by atoms with E-state index in [1.54, 1.807) is 60.8 Å². The standard InChI is InChI=1S/C21H19N3O3/c25-19-12-5-4-11-18(19)24(15-17-10-6-7-13-22-17)20(26)14-23-21(27)16-8-2-1-3-9-16/h1-13,25H,14-15H2,(H,23,27). The van der Waals surface area contributed by atoms with Gasteiger partial charge in [-0.05, 0) is 36.4 Å². The van der Waals surface area contributed by atoms with Crippen LogP contribution in [0.25, 0.3) is 0 Å². The van der Waals surface area contributed by atoms with Gasteiger partial charge in [-0.15, -0.1) is 0 Å². The number of hydrogen-bond donors (Lipinski definition) is 2. The average molecular weight is 361 g/mol. The predicted molar refractivity (Wildman–Crippen MR) is 102 cm³/mol. The van der Waals surface area contributed by atoms with E-state index in [0.717, 1.165) is 0 Å². The molecule has 1 aromatic heterocycles. The van der Waals surface area contributed by atoms with Crippen molar-refractivity contribution in [2.75, 3.05) is 11.4 Å². The number of rotatable bonds is 6. The van der Waals surface area contributed by atoms with Gasteiger partial charge in [-0.3, -0.25) is 14.6 Å². The molecule has 3 rings (SSSR count). The Kier molecular flexibility index (Phi) is 5.79. The third-order valence-electron chi connectivity index (χ3n) is 3.96. The summed E-state index contributed by atoms with van der Waals surface area (Å²) in [4.78, 5) is 30.6. The number of nitrogens with one attached hydrogen (secondary N) is 1. The maximum Gasteiger partial charge on any atom is 0.251 e. The number of hydrogen-bond acceptors (Lipinski definition) is 4. The fraction of sp³-hybridized carbons (Fsp3) is 0.0952. The van der Waals surface area contributed by atoms with Gasteiger partial charge in [-0.1, -0.05) is 36.4 Å². The van der Waals surface area contributed by atoms with Gasteiger partial charge >= 0.3 is 0 Å². The van der Waals surface area contributed by atoms with E-state index in [9.17, 15) is 14.7 Å². The first-order chi connectivity index (χ1) is 13.1. The molecule has 0 radical (unpaired) electrons. The van der Waals surface area contributed by atoms with Crippen LogP contribution in [0, 0.1) is 0 Å². The summed E-state index contributed by atoms with van der Waals surface area (Å²) in [6.45, 7) is -0.0205. The summed E-state index contributed by atoms with van der Waals surface area (Å²) in [5, 5.41) is 12.8. The Morgan fingerprint density at radius 3 is 2.33 bits per heavy atom. The van der Waals surface area contributed by atoms with Crippen molar-refractivity contribution >= 4 is 17.5 Å². The molecule has 6 heteroatoms. The van der Waals surface area contributed by atoms with E-state index in [2.05, 4.69) is 10.3 Å². The number of phenols is 1. The molecule has 1 heterocycles. The Morgan fingerprint density at radius 1 is 0.926 bits per heavy atom. The first-order valence-corrected chi connectivity index (χ1v) is 8.46. The highest BCUT2D eigenvalue weighted by Gasteiger charge is 2.20. The van der Waals surface area contributed by atoms with Gasteiger partial charge in [0.2, 0.25) is 5.91 Å². The Bertz CT molecular complexity index is 914. The molecule has 0 unspecified atom stereocenters. The summed E-state index contributed by atoms with van der Waals surface area (Å²) in [7, 11) is 0. The molecule has 0 saturated heterocycles. The summed E-state index contributed by atoms with van der Waals surface area (Å²) in [5.74, 6) is -0.707. The second-order valence-corrected chi connectivity index (χ2v) is 5.84. The zero-order valence-electron chi connectivity index (χ0n) is 14.6. The van der Waals surface area contributed by atoms with Gasteiger partial charge < -0.3 is 15.3 Å². The number of para-hydroxylation sites is 2. The van der Waals surface area contributed by atoms with Crippen LogP contribution in [0.5, 0.6) is 5.75 Å². The second-order valence-electron chi connectivity index (χ2n) is 5.84. The van der Waals surface area contributed by atoms with Crippen molar-refractivity contribution in [3.8, 4) is 5.75 Å². The van der Waals surface area contributed by atoms with Crippen molar-refractivity contribution in [1.82, 2.24) is 10.3 Å². The Morgan fingerprint density at radius 2 is 1.63 bits per heavy atom. The maximum absolute atomic E-state index is 12.8. The number of amides is 2. The maximum atomic E-state index is 12.8. The van der Waals surface area contributed by atoms with E-state index in [1.807, 2.05) is 12.1 Å². The van der Waals surface area contributed by atoms with Gasteiger partial charge in [-0.25, -0.2) is 0 Å². The zero-order chi connectivity index (χ0) is 19.1. The molecular formula is C21H19N3O3. The van der Waals surface area contributed by atoms with Gasteiger partial charge in [0, 0.05) is 11.8 Å². The third-order valence-corrected chi connectivity index (χ3v) is 3.96. The topological polar surface area (TPSA) is 82.5 Å². The van der Waals surface area contributed by atoms with Crippen molar-refractivity contribution in [2.24, 2.45) is 0 Å². The number of nitrogens with zero attached hydrogens (tertiary/aromatic N) is 2. The lowest BCUT2D eigenvalue weighted by atomic mass is 10.2. The van der Waals surface area contributed by atoms with Gasteiger partial charge in [0.15, 0.2) is 0 Å². The van der Waals surface area contributed by atoms with Crippen LogP contribution in [0.15, 0.2) is 79.0 Å². The van der Waals surface area contributed by atoms with Crippen LogP contribution in [-0.2, 0) is 11.3 Å². The molecule has 2 aromatic carbocycles. The van der Waals surface area contributed by atoms with Crippen LogP contribution < -0.4 is 10.2 Å². The highest BCUT2D eigenvalue weighted by molar-refractivity contribution is 6.00. The van der Waals surface area contributed by atoms with E-state index in [-0.39, 0.29) is 30.7 Å². The molecule has 27 heavy (non-hydrogen) atoms. The van der Waals surface area contributed by atoms with E-state index in [1.165, 1.54) is 11.0 Å². The number of benzene rings is 2. The highest BCUT2D eigenvalue weighted by Crippen LogP contribution is 2.27. The average Bonchev–Trinajstić information content (AvgIpc) is 2.72. The third kappa shape index (κ3) is 4.70. The first kappa shape index (κ1) is 18.1. The largest absolute Gasteiger partial charge is 0.506 e. The Balaban J connectivity index is 1.76. The lowest BCUT2D eigenvalue weighted by Gasteiger charge is -2.23. The number of anilines is 1. The van der Waals surface area contributed by atoms with Crippen LogP contribution in [0.4, 0.5) is 5.69 Å². The number of aromatic hydroxyl groups is 1. The summed E-state index contributed by atoms with van der Waals surface area (Å²) < 4.78 is 0. The van der Waals surface area contributed by atoms with Gasteiger partial charge in [0.25, 0.3) is 5.91 Å². The first-order valence-electron chi connectivity index (χ1n) is 8.46. The zero-order valence-corrected chi connectivity index (χ0v) is 14.6. The molecule has 3 aromatic rings. The smallest absolute Gasteiger partial charge is 0.251 e. The second kappa shape index (κ2) is 8.62. The van der Waals surface area contributed by atoms with Crippen molar-refractivity contribution in [3.63, 3.8) is 0 Å². The summed E-state index contributed by atoms with van der Waals surface area (Å²) in [6, 6.07) is 20.7. The highest BCUT2D eigenvalue weighted by atomic mass is 16.3. The molecule has 0 aliphatic rings. The molecule has 0 aliphatic carbocycles. The molecule has 0 bridgehead atoms. The van der Waals surface area contributed by atoms with Crippen LogP contribution in [0.3, 0.4) is 0 Å². The summed E-state index contributed by atoms with van der Waals surface area (Å²) >= 11 is 0. The van der Waals surface area contributed by atoms with Crippen molar-refractivity contribution in [2.45, 2.75) is 6.54 Å². The number of carbonyl (C=O) groups excluding carboxylic acids is 2. The van der Waals surface area contributed by atoms with Crippen LogP contribution in [-0.4, -0.2) is 28.4 Å². The van der Waals surface area contributed by atoms with Gasteiger partial charge in [0.1, 0.15) is 5.75 Å². The Hall–Kier alpha value is -3.67. The number of pyridine rings is 1. The molecular weight excluding hydrogens is 342 g/mol. The normalized spacial score (nSPS) is 10.2. The fourth-order valence-electron chi connectivity index (χ4n) is 2.60. The van der Waals surface area contributed by atoms with Gasteiger partial charge in [-0.2, -0.15) is 0 Å². The molecule has 6 nitrogen and oxygen atoms in total. The predicted octanol–water partition coefficient (Wildman–Crippen LogP) is 2.75. The fourth-order valence-corrected chi connectivity index (χ4v) is 2.60.